The molecular weight excluding hydrogens is 725 g/mol. The van der Waals surface area contributed by atoms with E-state index in [1.165, 1.54) is 109 Å². The summed E-state index contributed by atoms with van der Waals surface area (Å²) >= 11 is 0. The van der Waals surface area contributed by atoms with Gasteiger partial charge in [0.05, 0.1) is 0 Å². The Labute approximate surface area is 360 Å². The molecule has 0 bridgehead atoms. The number of nitrogens with zero attached hydrogens (tertiary/aromatic N) is 1. The Kier molecular flexibility index (Phi) is 39.3. The van der Waals surface area contributed by atoms with Crippen LogP contribution in [0.1, 0.15) is 260 Å². The number of ether oxygens (including phenoxy) is 3. The molecule has 0 radical (unpaired) electrons. The molecule has 0 spiro atoms. The maximum Gasteiger partial charge on any atom is 0.407 e. The van der Waals surface area contributed by atoms with E-state index in [-0.39, 0.29) is 30.2 Å². The van der Waals surface area contributed by atoms with Crippen molar-refractivity contribution in [3.8, 4) is 0 Å². The predicted molar refractivity (Wildman–Crippen MR) is 245 cm³/mol. The minimum Gasteiger partial charge on any atom is -0.462 e. The molecule has 0 aromatic carbocycles. The van der Waals surface area contributed by atoms with Gasteiger partial charge in [0, 0.05) is 19.4 Å². The van der Waals surface area contributed by atoms with Crippen molar-refractivity contribution >= 4 is 18.0 Å². The lowest BCUT2D eigenvalue weighted by Gasteiger charge is -2.23. The molecule has 0 aliphatic heterocycles. The molecule has 58 heavy (non-hydrogen) atoms. The van der Waals surface area contributed by atoms with E-state index >= 15 is 0 Å². The maximum absolute atomic E-state index is 12.8. The van der Waals surface area contributed by atoms with Crippen molar-refractivity contribution in [3.05, 3.63) is 0 Å². The minimum atomic E-state index is -0.503. The molecule has 1 unspecified atom stereocenters. The summed E-state index contributed by atoms with van der Waals surface area (Å²) < 4.78 is 17.3. The zero-order valence-corrected chi connectivity index (χ0v) is 39.7. The van der Waals surface area contributed by atoms with Gasteiger partial charge in [-0.05, 0) is 117 Å². The SMILES string of the molecule is CCCCCCCCC(CC)OC(=O)CCCCCN(CCCCCCCC(=O)OC(CCCCCCCC)CCCCCCCC)CCCNC(=O)OC(C)(C)C. The second-order valence-corrected chi connectivity index (χ2v) is 18.3. The molecule has 8 heteroatoms. The van der Waals surface area contributed by atoms with E-state index in [0.29, 0.717) is 19.4 Å². The van der Waals surface area contributed by atoms with E-state index in [9.17, 15) is 14.4 Å². The zero-order valence-electron chi connectivity index (χ0n) is 39.7. The van der Waals surface area contributed by atoms with Crippen LogP contribution < -0.4 is 5.32 Å². The van der Waals surface area contributed by atoms with Gasteiger partial charge >= 0.3 is 18.0 Å². The highest BCUT2D eigenvalue weighted by molar-refractivity contribution is 5.69. The van der Waals surface area contributed by atoms with E-state index < -0.39 is 5.60 Å². The van der Waals surface area contributed by atoms with Gasteiger partial charge in [0.1, 0.15) is 17.8 Å². The molecule has 8 nitrogen and oxygen atoms in total. The Balaban J connectivity index is 4.61. The fourth-order valence-corrected chi connectivity index (χ4v) is 7.61. The summed E-state index contributed by atoms with van der Waals surface area (Å²) in [4.78, 5) is 40.1. The van der Waals surface area contributed by atoms with Gasteiger partial charge in [-0.1, -0.05) is 150 Å². The highest BCUT2D eigenvalue weighted by Gasteiger charge is 2.17. The summed E-state index contributed by atoms with van der Waals surface area (Å²) in [5.74, 6) is -0.0444. The monoisotopic (exact) mass is 823 g/mol. The van der Waals surface area contributed by atoms with Crippen molar-refractivity contribution in [2.45, 2.75) is 278 Å². The minimum absolute atomic E-state index is 0.000239. The number of esters is 2. The van der Waals surface area contributed by atoms with Gasteiger partial charge in [-0.25, -0.2) is 4.79 Å². The average molecular weight is 823 g/mol. The maximum atomic E-state index is 12.8. The van der Waals surface area contributed by atoms with Crippen LogP contribution in [0.5, 0.6) is 0 Å². The topological polar surface area (TPSA) is 94.2 Å². The van der Waals surface area contributed by atoms with Crippen molar-refractivity contribution < 1.29 is 28.6 Å². The molecule has 0 saturated carbocycles. The fraction of sp³-hybridized carbons (Fsp3) is 0.940. The van der Waals surface area contributed by atoms with Crippen LogP contribution in [0, 0.1) is 0 Å². The molecule has 0 aromatic rings. The Morgan fingerprint density at radius 1 is 0.466 bits per heavy atom. The van der Waals surface area contributed by atoms with Crippen molar-refractivity contribution in [3.63, 3.8) is 0 Å². The fourth-order valence-electron chi connectivity index (χ4n) is 7.61. The lowest BCUT2D eigenvalue weighted by Crippen LogP contribution is -2.35. The number of nitrogens with one attached hydrogen (secondary N) is 1. The van der Waals surface area contributed by atoms with Crippen LogP contribution in [0.25, 0.3) is 0 Å². The number of carbonyl (C=O) groups excluding carboxylic acids is 3. The first-order valence-electron chi connectivity index (χ1n) is 25.1. The Morgan fingerprint density at radius 3 is 1.28 bits per heavy atom. The molecule has 0 heterocycles. The third-order valence-electron chi connectivity index (χ3n) is 11.2. The zero-order chi connectivity index (χ0) is 43.0. The van der Waals surface area contributed by atoms with E-state index in [0.717, 1.165) is 110 Å². The van der Waals surface area contributed by atoms with Crippen LogP contribution >= 0.6 is 0 Å². The van der Waals surface area contributed by atoms with Crippen molar-refractivity contribution in [2.24, 2.45) is 0 Å². The highest BCUT2D eigenvalue weighted by atomic mass is 16.6. The molecular formula is C50H98N2O6. The van der Waals surface area contributed by atoms with Gasteiger partial charge in [0.25, 0.3) is 0 Å². The second kappa shape index (κ2) is 40.6. The normalized spacial score (nSPS) is 12.3. The van der Waals surface area contributed by atoms with Crippen molar-refractivity contribution in [1.29, 1.82) is 0 Å². The van der Waals surface area contributed by atoms with Crippen LogP contribution in [0.15, 0.2) is 0 Å². The van der Waals surface area contributed by atoms with Gasteiger partial charge in [-0.15, -0.1) is 0 Å². The summed E-state index contributed by atoms with van der Waals surface area (Å²) in [6.07, 6.45) is 36.7. The third kappa shape index (κ3) is 39.6. The van der Waals surface area contributed by atoms with Gasteiger partial charge < -0.3 is 24.4 Å². The number of amides is 1. The standard InChI is InChI=1S/C50H98N2O6/c1-8-12-15-18-22-28-36-45(11-4)56-47(53)40-32-27-34-43-52(44-35-41-51-49(55)58-50(5,6)7)42-33-26-21-25-31-39-48(54)57-46(37-29-23-19-16-13-9-2)38-30-24-20-17-14-10-3/h45-46H,8-44H2,1-7H3,(H,51,55). The number of hydrogen-bond donors (Lipinski definition) is 1. The molecule has 0 aromatic heterocycles. The van der Waals surface area contributed by atoms with Crippen LogP contribution in [-0.2, 0) is 23.8 Å². The molecule has 0 fully saturated rings. The Hall–Kier alpha value is -1.83. The summed E-state index contributed by atoms with van der Waals surface area (Å²) in [5, 5.41) is 2.90. The lowest BCUT2D eigenvalue weighted by atomic mass is 10.0. The average Bonchev–Trinajstić information content (AvgIpc) is 3.18. The second-order valence-electron chi connectivity index (χ2n) is 18.3. The largest absolute Gasteiger partial charge is 0.462 e. The molecule has 1 N–H and O–H groups in total. The van der Waals surface area contributed by atoms with Gasteiger partial charge in [-0.3, -0.25) is 9.59 Å². The lowest BCUT2D eigenvalue weighted by molar-refractivity contribution is -0.150. The molecule has 1 amide bonds. The van der Waals surface area contributed by atoms with Crippen LogP contribution in [0.4, 0.5) is 4.79 Å². The molecule has 0 aliphatic carbocycles. The Bertz CT molecular complexity index is 922. The number of carbonyl (C=O) groups is 3. The first kappa shape index (κ1) is 56.2. The quantitative estimate of drug-likeness (QED) is 0.0372. The molecule has 0 aliphatic rings. The van der Waals surface area contributed by atoms with Gasteiger partial charge in [0.15, 0.2) is 0 Å². The van der Waals surface area contributed by atoms with Crippen LogP contribution in [0.3, 0.4) is 0 Å². The highest BCUT2D eigenvalue weighted by Crippen LogP contribution is 2.19. The van der Waals surface area contributed by atoms with E-state index in [2.05, 4.69) is 37.9 Å². The summed E-state index contributed by atoms with van der Waals surface area (Å²) in [5.41, 5.74) is -0.503. The van der Waals surface area contributed by atoms with Crippen LogP contribution in [0.2, 0.25) is 0 Å². The first-order chi connectivity index (χ1) is 28.0. The summed E-state index contributed by atoms with van der Waals surface area (Å²) in [6, 6.07) is 0. The van der Waals surface area contributed by atoms with Crippen molar-refractivity contribution in [1.82, 2.24) is 10.2 Å². The third-order valence-corrected chi connectivity index (χ3v) is 11.2. The van der Waals surface area contributed by atoms with Gasteiger partial charge in [-0.2, -0.15) is 0 Å². The number of alkyl carbamates (subject to hydrolysis) is 1. The molecule has 1 atom stereocenters. The number of unbranched alkanes of at least 4 members (excludes halogenated alkanes) is 21. The molecule has 0 rings (SSSR count). The van der Waals surface area contributed by atoms with Gasteiger partial charge in [0.2, 0.25) is 0 Å². The number of rotatable bonds is 42. The summed E-state index contributed by atoms with van der Waals surface area (Å²) in [7, 11) is 0. The molecule has 344 valence electrons. The molecule has 0 saturated heterocycles. The first-order valence-corrected chi connectivity index (χ1v) is 25.1. The van der Waals surface area contributed by atoms with E-state index in [1.807, 2.05) is 20.8 Å². The predicted octanol–water partition coefficient (Wildman–Crippen LogP) is 14.6. The van der Waals surface area contributed by atoms with Crippen molar-refractivity contribution in [2.75, 3.05) is 26.2 Å². The number of hydrogen-bond acceptors (Lipinski definition) is 7. The summed E-state index contributed by atoms with van der Waals surface area (Å²) in [6.45, 7) is 18.0. The van der Waals surface area contributed by atoms with Crippen LogP contribution in [-0.4, -0.2) is 66.9 Å². The van der Waals surface area contributed by atoms with E-state index in [4.69, 9.17) is 14.2 Å². The Morgan fingerprint density at radius 2 is 0.828 bits per heavy atom. The smallest absolute Gasteiger partial charge is 0.407 e. The van der Waals surface area contributed by atoms with E-state index in [1.54, 1.807) is 0 Å².